The van der Waals surface area contributed by atoms with Crippen molar-refractivity contribution in [2.24, 2.45) is 5.92 Å². The smallest absolute Gasteiger partial charge is 0.325 e. The summed E-state index contributed by atoms with van der Waals surface area (Å²) in [7, 11) is 0. The van der Waals surface area contributed by atoms with E-state index in [1.165, 1.54) is 18.2 Å². The molecule has 0 radical (unpaired) electrons. The standard InChI is InChI=1S/C11H8N4O6/c16-8(7-9(17)13-11(19)14-10(7)18)12-5-2-1-3-6(4-5)15(20)21/h1-4,7H,(H,12,16)(H2,13,14,17,18,19). The Balaban J connectivity index is 2.16. The lowest BCUT2D eigenvalue weighted by atomic mass is 10.1. The highest BCUT2D eigenvalue weighted by molar-refractivity contribution is 6.28. The number of urea groups is 1. The van der Waals surface area contributed by atoms with Gasteiger partial charge in [0.2, 0.25) is 17.7 Å². The van der Waals surface area contributed by atoms with Crippen LogP contribution in [-0.4, -0.2) is 28.7 Å². The number of nitro benzene ring substituents is 1. The summed E-state index contributed by atoms with van der Waals surface area (Å²) in [4.78, 5) is 55.6. The number of hydrogen-bond acceptors (Lipinski definition) is 6. The lowest BCUT2D eigenvalue weighted by molar-refractivity contribution is -0.384. The monoisotopic (exact) mass is 292 g/mol. The lowest BCUT2D eigenvalue weighted by Gasteiger charge is -2.19. The third-order valence-electron chi connectivity index (χ3n) is 2.58. The molecule has 5 amide bonds. The van der Waals surface area contributed by atoms with Crippen LogP contribution < -0.4 is 16.0 Å². The second kappa shape index (κ2) is 5.36. The van der Waals surface area contributed by atoms with E-state index < -0.39 is 34.6 Å². The Morgan fingerprint density at radius 2 is 1.81 bits per heavy atom. The van der Waals surface area contributed by atoms with Crippen LogP contribution in [0.2, 0.25) is 0 Å². The van der Waals surface area contributed by atoms with Crippen molar-refractivity contribution in [3.63, 3.8) is 0 Å². The number of carbonyl (C=O) groups is 4. The van der Waals surface area contributed by atoms with E-state index in [9.17, 15) is 29.3 Å². The fraction of sp³-hybridized carbons (Fsp3) is 0.0909. The number of amides is 5. The first kappa shape index (κ1) is 14.1. The molecule has 0 unspecified atom stereocenters. The Kier molecular flexibility index (Phi) is 3.61. The topological polar surface area (TPSA) is 148 Å². The molecule has 1 aliphatic rings. The number of non-ortho nitro benzene ring substituents is 1. The number of nitrogens with zero attached hydrogens (tertiary/aromatic N) is 1. The summed E-state index contributed by atoms with van der Waals surface area (Å²) in [6.45, 7) is 0. The number of anilines is 1. The molecule has 0 spiro atoms. The minimum atomic E-state index is -1.75. The van der Waals surface area contributed by atoms with Crippen LogP contribution in [0.3, 0.4) is 0 Å². The van der Waals surface area contributed by atoms with Crippen LogP contribution in [0.5, 0.6) is 0 Å². The van der Waals surface area contributed by atoms with Crippen LogP contribution in [0.4, 0.5) is 16.2 Å². The first-order chi connectivity index (χ1) is 9.88. The average Bonchev–Trinajstić information content (AvgIpc) is 2.37. The van der Waals surface area contributed by atoms with E-state index in [-0.39, 0.29) is 11.4 Å². The maximum Gasteiger partial charge on any atom is 0.328 e. The molecule has 10 heteroatoms. The summed E-state index contributed by atoms with van der Waals surface area (Å²) in [5, 5.41) is 16.4. The fourth-order valence-electron chi connectivity index (χ4n) is 1.67. The minimum Gasteiger partial charge on any atom is -0.325 e. The lowest BCUT2D eigenvalue weighted by Crippen LogP contribution is -2.58. The van der Waals surface area contributed by atoms with Crippen molar-refractivity contribution in [3.05, 3.63) is 34.4 Å². The number of nitrogens with one attached hydrogen (secondary N) is 3. The Labute approximate surface area is 116 Å². The Hall–Kier alpha value is -3.30. The van der Waals surface area contributed by atoms with Gasteiger partial charge in [-0.25, -0.2) is 4.79 Å². The van der Waals surface area contributed by atoms with Gasteiger partial charge in [-0.1, -0.05) is 6.07 Å². The van der Waals surface area contributed by atoms with Gasteiger partial charge >= 0.3 is 6.03 Å². The Bertz CT molecular complexity index is 650. The zero-order valence-electron chi connectivity index (χ0n) is 10.3. The third-order valence-corrected chi connectivity index (χ3v) is 2.58. The molecule has 0 aromatic heterocycles. The maximum atomic E-state index is 11.9. The van der Waals surface area contributed by atoms with Crippen molar-refractivity contribution >= 4 is 35.1 Å². The molecule has 2 rings (SSSR count). The van der Waals surface area contributed by atoms with Crippen molar-refractivity contribution in [1.29, 1.82) is 0 Å². The van der Waals surface area contributed by atoms with Crippen molar-refractivity contribution in [2.45, 2.75) is 0 Å². The van der Waals surface area contributed by atoms with E-state index >= 15 is 0 Å². The van der Waals surface area contributed by atoms with Crippen LogP contribution in [0, 0.1) is 16.0 Å². The van der Waals surface area contributed by atoms with Gasteiger partial charge in [0.15, 0.2) is 5.92 Å². The molecule has 0 bridgehead atoms. The number of benzene rings is 1. The van der Waals surface area contributed by atoms with E-state index in [1.807, 2.05) is 0 Å². The van der Waals surface area contributed by atoms with E-state index in [0.29, 0.717) is 0 Å². The molecule has 10 nitrogen and oxygen atoms in total. The van der Waals surface area contributed by atoms with Gasteiger partial charge in [-0.2, -0.15) is 0 Å². The zero-order chi connectivity index (χ0) is 15.6. The molecule has 0 saturated carbocycles. The maximum absolute atomic E-state index is 11.9. The van der Waals surface area contributed by atoms with Crippen molar-refractivity contribution in [1.82, 2.24) is 10.6 Å². The van der Waals surface area contributed by atoms with Gasteiger partial charge in [0.25, 0.3) is 5.69 Å². The predicted molar refractivity (Wildman–Crippen MR) is 66.9 cm³/mol. The molecule has 0 aliphatic carbocycles. The summed E-state index contributed by atoms with van der Waals surface area (Å²) in [6, 6.07) is 3.97. The summed E-state index contributed by atoms with van der Waals surface area (Å²) >= 11 is 0. The van der Waals surface area contributed by atoms with Gasteiger partial charge < -0.3 is 5.32 Å². The largest absolute Gasteiger partial charge is 0.328 e. The number of carbonyl (C=O) groups excluding carboxylic acids is 4. The highest BCUT2D eigenvalue weighted by Gasteiger charge is 2.39. The average molecular weight is 292 g/mol. The van der Waals surface area contributed by atoms with E-state index in [1.54, 1.807) is 10.6 Å². The fourth-order valence-corrected chi connectivity index (χ4v) is 1.67. The molecule has 1 heterocycles. The summed E-state index contributed by atoms with van der Waals surface area (Å²) in [5.74, 6) is -4.88. The van der Waals surface area contributed by atoms with Crippen molar-refractivity contribution in [3.8, 4) is 0 Å². The molecule has 0 atom stereocenters. The number of rotatable bonds is 3. The minimum absolute atomic E-state index is 0.0479. The zero-order valence-corrected chi connectivity index (χ0v) is 10.3. The Morgan fingerprint density at radius 3 is 2.38 bits per heavy atom. The van der Waals surface area contributed by atoms with Crippen LogP contribution in [0.15, 0.2) is 24.3 Å². The SMILES string of the molecule is O=C1NC(=O)C(C(=O)Nc2cccc([N+](=O)[O-])c2)C(=O)N1. The van der Waals surface area contributed by atoms with Gasteiger partial charge in [0.1, 0.15) is 0 Å². The normalized spacial score (nSPS) is 15.1. The first-order valence-electron chi connectivity index (χ1n) is 5.59. The van der Waals surface area contributed by atoms with E-state index in [2.05, 4.69) is 5.32 Å². The van der Waals surface area contributed by atoms with Crippen LogP contribution in [-0.2, 0) is 14.4 Å². The van der Waals surface area contributed by atoms with Crippen LogP contribution in [0.25, 0.3) is 0 Å². The highest BCUT2D eigenvalue weighted by Crippen LogP contribution is 2.18. The second-order valence-corrected chi connectivity index (χ2v) is 4.04. The third kappa shape index (κ3) is 3.00. The predicted octanol–water partition coefficient (Wildman–Crippen LogP) is -0.485. The van der Waals surface area contributed by atoms with Gasteiger partial charge in [0, 0.05) is 17.8 Å². The van der Waals surface area contributed by atoms with Gasteiger partial charge in [0.05, 0.1) is 4.92 Å². The Morgan fingerprint density at radius 1 is 1.19 bits per heavy atom. The number of hydrogen-bond donors (Lipinski definition) is 3. The van der Waals surface area contributed by atoms with Crippen LogP contribution >= 0.6 is 0 Å². The molecule has 1 saturated heterocycles. The molecule has 1 fully saturated rings. The number of barbiturate groups is 1. The summed E-state index contributed by atoms with van der Waals surface area (Å²) in [6.07, 6.45) is 0. The summed E-state index contributed by atoms with van der Waals surface area (Å²) in [5.41, 5.74) is -0.216. The second-order valence-electron chi connectivity index (χ2n) is 4.04. The highest BCUT2D eigenvalue weighted by atomic mass is 16.6. The molecule has 21 heavy (non-hydrogen) atoms. The quantitative estimate of drug-likeness (QED) is 0.389. The van der Waals surface area contributed by atoms with E-state index in [4.69, 9.17) is 0 Å². The molecule has 108 valence electrons. The van der Waals surface area contributed by atoms with Gasteiger partial charge in [-0.15, -0.1) is 0 Å². The van der Waals surface area contributed by atoms with Crippen molar-refractivity contribution in [2.75, 3.05) is 5.32 Å². The molecular weight excluding hydrogens is 284 g/mol. The van der Waals surface area contributed by atoms with Crippen LogP contribution in [0.1, 0.15) is 0 Å². The molecule has 1 aromatic carbocycles. The number of nitro groups is 1. The number of imide groups is 2. The molecular formula is C11H8N4O6. The van der Waals surface area contributed by atoms with Crippen molar-refractivity contribution < 1.29 is 24.1 Å². The van der Waals surface area contributed by atoms with Gasteiger partial charge in [-0.05, 0) is 6.07 Å². The van der Waals surface area contributed by atoms with E-state index in [0.717, 1.165) is 6.07 Å². The molecule has 3 N–H and O–H groups in total. The molecule has 1 aromatic rings. The summed E-state index contributed by atoms with van der Waals surface area (Å²) < 4.78 is 0. The first-order valence-corrected chi connectivity index (χ1v) is 5.59. The molecule has 1 aliphatic heterocycles. The van der Waals surface area contributed by atoms with Gasteiger partial charge in [-0.3, -0.25) is 35.1 Å².